The number of para-hydroxylation sites is 1. The summed E-state index contributed by atoms with van der Waals surface area (Å²) in [6.45, 7) is 1.91. The molecule has 0 unspecified atom stereocenters. The number of likely N-dealkylation sites (N-methyl/N-ethyl adjacent to an activating group) is 1. The Morgan fingerprint density at radius 1 is 1.16 bits per heavy atom. The number of nitrogens with zero attached hydrogens (tertiary/aromatic N) is 1. The number of rotatable bonds is 4. The van der Waals surface area contributed by atoms with E-state index in [0.29, 0.717) is 11.3 Å². The summed E-state index contributed by atoms with van der Waals surface area (Å²) in [5, 5.41) is 3.60. The molecule has 0 aliphatic heterocycles. The maximum Gasteiger partial charge on any atom is 0.289 e. The normalized spacial score (nSPS) is 10.7. The second-order valence-electron chi connectivity index (χ2n) is 5.84. The summed E-state index contributed by atoms with van der Waals surface area (Å²) in [5.74, 6) is -0.410. The van der Waals surface area contributed by atoms with Gasteiger partial charge in [0.1, 0.15) is 5.58 Å². The lowest BCUT2D eigenvalue weighted by molar-refractivity contribution is -0.116. The number of furan rings is 1. The highest BCUT2D eigenvalue weighted by atomic mass is 79.9. The lowest BCUT2D eigenvalue weighted by Crippen LogP contribution is -2.34. The largest absolute Gasteiger partial charge is 0.450 e. The van der Waals surface area contributed by atoms with Gasteiger partial charge in [0.15, 0.2) is 5.76 Å². The third kappa shape index (κ3) is 3.91. The van der Waals surface area contributed by atoms with Crippen molar-refractivity contribution < 1.29 is 14.0 Å². The molecule has 0 saturated heterocycles. The van der Waals surface area contributed by atoms with Crippen LogP contribution in [0.2, 0.25) is 0 Å². The lowest BCUT2D eigenvalue weighted by Gasteiger charge is -2.15. The monoisotopic (exact) mass is 400 g/mol. The van der Waals surface area contributed by atoms with Crippen molar-refractivity contribution in [2.75, 3.05) is 18.9 Å². The summed E-state index contributed by atoms with van der Waals surface area (Å²) >= 11 is 3.40. The average Bonchev–Trinajstić information content (AvgIpc) is 3.02. The van der Waals surface area contributed by atoms with E-state index in [-0.39, 0.29) is 24.1 Å². The van der Waals surface area contributed by atoms with Crippen LogP contribution in [-0.2, 0) is 4.79 Å². The molecular formula is C19H17BrN2O3. The SMILES string of the molecule is Cc1ccc(NC(=O)CN(C)C(=O)c2cc3cccc(Br)c3o2)cc1. The van der Waals surface area contributed by atoms with Gasteiger partial charge in [-0.2, -0.15) is 0 Å². The number of fused-ring (bicyclic) bond motifs is 1. The number of aryl methyl sites for hydroxylation is 1. The van der Waals surface area contributed by atoms with Crippen LogP contribution in [-0.4, -0.2) is 30.3 Å². The smallest absolute Gasteiger partial charge is 0.289 e. The molecule has 0 aliphatic carbocycles. The Hall–Kier alpha value is -2.60. The molecule has 0 bridgehead atoms. The maximum atomic E-state index is 12.5. The van der Waals surface area contributed by atoms with Crippen LogP contribution in [0.15, 0.2) is 57.4 Å². The number of carbonyl (C=O) groups is 2. The molecule has 1 N–H and O–H groups in total. The summed E-state index contributed by atoms with van der Waals surface area (Å²) in [6, 6.07) is 14.7. The Kier molecular flexibility index (Phi) is 4.90. The second-order valence-corrected chi connectivity index (χ2v) is 6.70. The molecule has 0 radical (unpaired) electrons. The summed E-state index contributed by atoms with van der Waals surface area (Å²) in [6.07, 6.45) is 0. The predicted molar refractivity (Wildman–Crippen MR) is 101 cm³/mol. The maximum absolute atomic E-state index is 12.5. The molecule has 0 aliphatic rings. The van der Waals surface area contributed by atoms with Crippen LogP contribution in [0.5, 0.6) is 0 Å². The Morgan fingerprint density at radius 2 is 1.88 bits per heavy atom. The molecule has 3 aromatic rings. The molecule has 25 heavy (non-hydrogen) atoms. The van der Waals surface area contributed by atoms with Gasteiger partial charge in [-0.05, 0) is 47.1 Å². The highest BCUT2D eigenvalue weighted by Crippen LogP contribution is 2.27. The first kappa shape index (κ1) is 17.2. The topological polar surface area (TPSA) is 62.6 Å². The number of amides is 2. The van der Waals surface area contributed by atoms with E-state index in [1.165, 1.54) is 4.90 Å². The van der Waals surface area contributed by atoms with Gasteiger partial charge in [0.25, 0.3) is 5.91 Å². The molecule has 0 atom stereocenters. The van der Waals surface area contributed by atoms with Gasteiger partial charge in [-0.1, -0.05) is 29.8 Å². The molecular weight excluding hydrogens is 384 g/mol. The minimum Gasteiger partial charge on any atom is -0.450 e. The highest BCUT2D eigenvalue weighted by molar-refractivity contribution is 9.10. The summed E-state index contributed by atoms with van der Waals surface area (Å²) in [4.78, 5) is 26.0. The van der Waals surface area contributed by atoms with Crippen LogP contribution in [0, 0.1) is 6.92 Å². The quantitative estimate of drug-likeness (QED) is 0.712. The first-order chi connectivity index (χ1) is 11.9. The van der Waals surface area contributed by atoms with Gasteiger partial charge in [0.2, 0.25) is 5.91 Å². The standard InChI is InChI=1S/C19H17BrN2O3/c1-12-6-8-14(9-7-12)21-17(23)11-22(2)19(24)16-10-13-4-3-5-15(20)18(13)25-16/h3-10H,11H2,1-2H3,(H,21,23). The van der Waals surface area contributed by atoms with Crippen molar-refractivity contribution >= 4 is 44.4 Å². The number of carbonyl (C=O) groups excluding carboxylic acids is 2. The van der Waals surface area contributed by atoms with Crippen LogP contribution < -0.4 is 5.32 Å². The number of halogens is 1. The fourth-order valence-corrected chi connectivity index (χ4v) is 2.91. The van der Waals surface area contributed by atoms with Gasteiger partial charge in [0, 0.05) is 18.1 Å². The molecule has 0 fully saturated rings. The number of hydrogen-bond donors (Lipinski definition) is 1. The highest BCUT2D eigenvalue weighted by Gasteiger charge is 2.19. The Labute approximate surface area is 153 Å². The third-order valence-corrected chi connectivity index (χ3v) is 4.39. The van der Waals surface area contributed by atoms with Gasteiger partial charge in [-0.3, -0.25) is 9.59 Å². The Balaban J connectivity index is 1.68. The van der Waals surface area contributed by atoms with Crippen molar-refractivity contribution in [2.45, 2.75) is 6.92 Å². The zero-order valence-electron chi connectivity index (χ0n) is 13.9. The fourth-order valence-electron chi connectivity index (χ4n) is 2.45. The van der Waals surface area contributed by atoms with Gasteiger partial charge in [0.05, 0.1) is 11.0 Å². The molecule has 0 saturated carbocycles. The number of anilines is 1. The van der Waals surface area contributed by atoms with E-state index in [1.807, 2.05) is 49.4 Å². The molecule has 128 valence electrons. The average molecular weight is 401 g/mol. The van der Waals surface area contributed by atoms with Crippen molar-refractivity contribution in [2.24, 2.45) is 0 Å². The van der Waals surface area contributed by atoms with Crippen molar-refractivity contribution in [3.05, 3.63) is 64.3 Å². The Morgan fingerprint density at radius 3 is 2.56 bits per heavy atom. The fraction of sp³-hybridized carbons (Fsp3) is 0.158. The predicted octanol–water partition coefficient (Wildman–Crippen LogP) is 4.21. The van der Waals surface area contributed by atoms with Crippen molar-refractivity contribution in [3.63, 3.8) is 0 Å². The van der Waals surface area contributed by atoms with E-state index in [4.69, 9.17) is 4.42 Å². The van der Waals surface area contributed by atoms with E-state index in [2.05, 4.69) is 21.2 Å². The minimum absolute atomic E-state index is 0.0646. The van der Waals surface area contributed by atoms with Crippen LogP contribution in [0.3, 0.4) is 0 Å². The molecule has 0 spiro atoms. The van der Waals surface area contributed by atoms with E-state index in [0.717, 1.165) is 15.4 Å². The van der Waals surface area contributed by atoms with Crippen LogP contribution in [0.1, 0.15) is 16.1 Å². The van der Waals surface area contributed by atoms with E-state index in [9.17, 15) is 9.59 Å². The zero-order chi connectivity index (χ0) is 18.0. The Bertz CT molecular complexity index is 931. The van der Waals surface area contributed by atoms with Gasteiger partial charge in [-0.15, -0.1) is 0 Å². The van der Waals surface area contributed by atoms with E-state index in [1.54, 1.807) is 13.1 Å². The number of hydrogen-bond acceptors (Lipinski definition) is 3. The molecule has 2 amide bonds. The molecule has 5 nitrogen and oxygen atoms in total. The van der Waals surface area contributed by atoms with Gasteiger partial charge >= 0.3 is 0 Å². The van der Waals surface area contributed by atoms with E-state index >= 15 is 0 Å². The first-order valence-electron chi connectivity index (χ1n) is 7.74. The number of benzene rings is 2. The molecule has 3 rings (SSSR count). The van der Waals surface area contributed by atoms with Crippen LogP contribution in [0.4, 0.5) is 5.69 Å². The molecule has 1 heterocycles. The van der Waals surface area contributed by atoms with Crippen molar-refractivity contribution in [3.8, 4) is 0 Å². The number of nitrogens with one attached hydrogen (secondary N) is 1. The third-order valence-electron chi connectivity index (χ3n) is 3.77. The van der Waals surface area contributed by atoms with Crippen molar-refractivity contribution in [1.82, 2.24) is 4.90 Å². The molecule has 2 aromatic carbocycles. The molecule has 1 aromatic heterocycles. The summed E-state index contributed by atoms with van der Waals surface area (Å²) < 4.78 is 6.41. The van der Waals surface area contributed by atoms with Crippen molar-refractivity contribution in [1.29, 1.82) is 0 Å². The van der Waals surface area contributed by atoms with Gasteiger partial charge in [-0.25, -0.2) is 0 Å². The second kappa shape index (κ2) is 7.11. The zero-order valence-corrected chi connectivity index (χ0v) is 15.5. The first-order valence-corrected chi connectivity index (χ1v) is 8.53. The minimum atomic E-state index is -0.345. The van der Waals surface area contributed by atoms with Crippen LogP contribution in [0.25, 0.3) is 11.0 Å². The van der Waals surface area contributed by atoms with E-state index < -0.39 is 0 Å². The van der Waals surface area contributed by atoms with Crippen LogP contribution >= 0.6 is 15.9 Å². The van der Waals surface area contributed by atoms with Gasteiger partial charge < -0.3 is 14.6 Å². The molecule has 6 heteroatoms. The lowest BCUT2D eigenvalue weighted by atomic mass is 10.2. The summed E-state index contributed by atoms with van der Waals surface area (Å²) in [7, 11) is 1.57. The summed E-state index contributed by atoms with van der Waals surface area (Å²) in [5.41, 5.74) is 2.42.